The van der Waals surface area contributed by atoms with Gasteiger partial charge < -0.3 is 9.84 Å². The Morgan fingerprint density at radius 1 is 1.25 bits per heavy atom. The number of rotatable bonds is 2. The number of carbonyl (C=O) groups excluding carboxylic acids is 1. The summed E-state index contributed by atoms with van der Waals surface area (Å²) in [5.74, 6) is 1.05. The van der Waals surface area contributed by atoms with E-state index in [0.29, 0.717) is 12.8 Å². The van der Waals surface area contributed by atoms with Gasteiger partial charge in [0.05, 0.1) is 12.9 Å². The minimum absolute atomic E-state index is 0.00966. The van der Waals surface area contributed by atoms with Crippen LogP contribution in [0.25, 0.3) is 0 Å². The molecule has 0 amide bonds. The Hall–Kier alpha value is -1.77. The predicted octanol–water partition coefficient (Wildman–Crippen LogP) is 2.58. The van der Waals surface area contributed by atoms with E-state index in [1.165, 1.54) is 6.08 Å². The van der Waals surface area contributed by atoms with Crippen molar-refractivity contribution in [2.24, 2.45) is 0 Å². The van der Waals surface area contributed by atoms with Gasteiger partial charge in [0.25, 0.3) is 0 Å². The van der Waals surface area contributed by atoms with E-state index in [0.717, 1.165) is 11.3 Å². The summed E-state index contributed by atoms with van der Waals surface area (Å²) in [6.45, 7) is 0. The lowest BCUT2D eigenvalue weighted by Gasteiger charge is -2.19. The van der Waals surface area contributed by atoms with Crippen molar-refractivity contribution in [1.29, 1.82) is 0 Å². The first kappa shape index (κ1) is 10.7. The summed E-state index contributed by atoms with van der Waals surface area (Å²) in [4.78, 5) is 11.3. The fraction of sp³-hybridized carbons (Fsp3) is 0.308. The monoisotopic (exact) mass is 218 g/mol. The molecule has 1 atom stereocenters. The first-order chi connectivity index (χ1) is 7.69. The van der Waals surface area contributed by atoms with Crippen molar-refractivity contribution in [1.82, 2.24) is 0 Å². The van der Waals surface area contributed by atoms with Crippen LogP contribution in [0.1, 0.15) is 24.3 Å². The largest absolute Gasteiger partial charge is 0.512 e. The lowest BCUT2D eigenvalue weighted by Crippen LogP contribution is -2.12. The van der Waals surface area contributed by atoms with Gasteiger partial charge in [-0.1, -0.05) is 12.1 Å². The van der Waals surface area contributed by atoms with Crippen LogP contribution < -0.4 is 4.74 Å². The zero-order chi connectivity index (χ0) is 11.5. The van der Waals surface area contributed by atoms with Gasteiger partial charge in [0.1, 0.15) is 5.75 Å². The normalized spacial score (nSPS) is 20.4. The molecule has 0 unspecified atom stereocenters. The third-order valence-electron chi connectivity index (χ3n) is 2.82. The highest BCUT2D eigenvalue weighted by atomic mass is 16.5. The maximum absolute atomic E-state index is 11.3. The molecule has 84 valence electrons. The molecule has 0 saturated heterocycles. The molecule has 0 heterocycles. The third kappa shape index (κ3) is 2.24. The van der Waals surface area contributed by atoms with Crippen LogP contribution in [0.3, 0.4) is 0 Å². The Morgan fingerprint density at radius 3 is 2.50 bits per heavy atom. The van der Waals surface area contributed by atoms with E-state index in [9.17, 15) is 9.90 Å². The molecule has 0 saturated carbocycles. The van der Waals surface area contributed by atoms with Crippen molar-refractivity contribution in [3.63, 3.8) is 0 Å². The summed E-state index contributed by atoms with van der Waals surface area (Å²) >= 11 is 0. The molecule has 0 aliphatic heterocycles. The highest BCUT2D eigenvalue weighted by Crippen LogP contribution is 2.31. The quantitative estimate of drug-likeness (QED) is 0.829. The molecule has 2 rings (SSSR count). The molecule has 0 bridgehead atoms. The van der Waals surface area contributed by atoms with Crippen molar-refractivity contribution in [3.05, 3.63) is 41.7 Å². The number of aliphatic hydroxyl groups excluding tert-OH is 1. The summed E-state index contributed by atoms with van der Waals surface area (Å²) in [6.07, 6.45) is 2.33. The standard InChI is InChI=1S/C13H14O3/c1-16-13-4-2-9(3-5-13)10-6-11(14)8-12(15)7-10/h2-5,8,10,14H,6-7H2,1H3/t10-/m0/s1. The second-order valence-electron chi connectivity index (χ2n) is 3.98. The number of allylic oxidation sites excluding steroid dienone is 2. The van der Waals surface area contributed by atoms with E-state index in [4.69, 9.17) is 4.74 Å². The lowest BCUT2D eigenvalue weighted by molar-refractivity contribution is -0.115. The van der Waals surface area contributed by atoms with E-state index in [-0.39, 0.29) is 17.5 Å². The van der Waals surface area contributed by atoms with Gasteiger partial charge in [-0.3, -0.25) is 4.79 Å². The van der Waals surface area contributed by atoms with Gasteiger partial charge in [0.2, 0.25) is 0 Å². The van der Waals surface area contributed by atoms with Crippen molar-refractivity contribution >= 4 is 5.78 Å². The number of carbonyl (C=O) groups is 1. The molecule has 1 aromatic carbocycles. The number of aliphatic hydroxyl groups is 1. The highest BCUT2D eigenvalue weighted by Gasteiger charge is 2.21. The summed E-state index contributed by atoms with van der Waals surface area (Å²) in [7, 11) is 1.62. The molecule has 0 fully saturated rings. The van der Waals surface area contributed by atoms with Crippen LogP contribution in [0.5, 0.6) is 5.75 Å². The van der Waals surface area contributed by atoms with Crippen LogP contribution in [-0.2, 0) is 4.79 Å². The minimum atomic E-state index is -0.00966. The molecule has 3 heteroatoms. The summed E-state index contributed by atoms with van der Waals surface area (Å²) in [5, 5.41) is 9.43. The van der Waals surface area contributed by atoms with Crippen molar-refractivity contribution in [2.75, 3.05) is 7.11 Å². The molecule has 0 radical (unpaired) electrons. The Bertz CT molecular complexity index is 417. The Morgan fingerprint density at radius 2 is 1.94 bits per heavy atom. The molecule has 0 spiro atoms. The first-order valence-corrected chi connectivity index (χ1v) is 5.25. The molecule has 1 aromatic rings. The number of ether oxygens (including phenoxy) is 1. The maximum Gasteiger partial charge on any atom is 0.159 e. The van der Waals surface area contributed by atoms with Gasteiger partial charge in [-0.2, -0.15) is 0 Å². The van der Waals surface area contributed by atoms with E-state index in [1.807, 2.05) is 24.3 Å². The summed E-state index contributed by atoms with van der Waals surface area (Å²) in [6, 6.07) is 7.62. The van der Waals surface area contributed by atoms with E-state index in [1.54, 1.807) is 7.11 Å². The minimum Gasteiger partial charge on any atom is -0.512 e. The van der Waals surface area contributed by atoms with E-state index >= 15 is 0 Å². The van der Waals surface area contributed by atoms with Crippen molar-refractivity contribution in [2.45, 2.75) is 18.8 Å². The molecule has 1 N–H and O–H groups in total. The van der Waals surface area contributed by atoms with Gasteiger partial charge >= 0.3 is 0 Å². The van der Waals surface area contributed by atoms with Crippen molar-refractivity contribution in [3.8, 4) is 5.75 Å². The highest BCUT2D eigenvalue weighted by molar-refractivity contribution is 5.91. The van der Waals surface area contributed by atoms with Crippen LogP contribution in [0.15, 0.2) is 36.1 Å². The van der Waals surface area contributed by atoms with Crippen LogP contribution in [0, 0.1) is 0 Å². The molecule has 1 aliphatic carbocycles. The fourth-order valence-corrected chi connectivity index (χ4v) is 1.98. The lowest BCUT2D eigenvalue weighted by atomic mass is 9.86. The van der Waals surface area contributed by atoms with Crippen LogP contribution in [0.4, 0.5) is 0 Å². The topological polar surface area (TPSA) is 46.5 Å². The molecule has 16 heavy (non-hydrogen) atoms. The van der Waals surface area contributed by atoms with Gasteiger partial charge in [-0.05, 0) is 23.6 Å². The van der Waals surface area contributed by atoms with Crippen LogP contribution in [0.2, 0.25) is 0 Å². The first-order valence-electron chi connectivity index (χ1n) is 5.25. The predicted molar refractivity (Wildman–Crippen MR) is 60.7 cm³/mol. The number of ketones is 1. The number of benzene rings is 1. The Labute approximate surface area is 94.4 Å². The SMILES string of the molecule is COc1ccc([C@@H]2CC(=O)C=C(O)C2)cc1. The Kier molecular flexibility index (Phi) is 2.95. The zero-order valence-corrected chi connectivity index (χ0v) is 9.14. The van der Waals surface area contributed by atoms with Gasteiger partial charge in [0, 0.05) is 18.9 Å². The molecular weight excluding hydrogens is 204 g/mol. The van der Waals surface area contributed by atoms with Gasteiger partial charge in [-0.15, -0.1) is 0 Å². The Balaban J connectivity index is 2.18. The second kappa shape index (κ2) is 4.39. The van der Waals surface area contributed by atoms with E-state index in [2.05, 4.69) is 0 Å². The van der Waals surface area contributed by atoms with Crippen LogP contribution >= 0.6 is 0 Å². The summed E-state index contributed by atoms with van der Waals surface area (Å²) in [5.41, 5.74) is 1.06. The van der Waals surface area contributed by atoms with Crippen molar-refractivity contribution < 1.29 is 14.6 Å². The van der Waals surface area contributed by atoms with Crippen LogP contribution in [-0.4, -0.2) is 18.0 Å². The number of hydrogen-bond acceptors (Lipinski definition) is 3. The van der Waals surface area contributed by atoms with Gasteiger partial charge in [-0.25, -0.2) is 0 Å². The average Bonchev–Trinajstić information content (AvgIpc) is 2.28. The third-order valence-corrected chi connectivity index (χ3v) is 2.82. The number of hydrogen-bond donors (Lipinski definition) is 1. The number of methoxy groups -OCH3 is 1. The zero-order valence-electron chi connectivity index (χ0n) is 9.14. The summed E-state index contributed by atoms with van der Waals surface area (Å²) < 4.78 is 5.07. The fourth-order valence-electron chi connectivity index (χ4n) is 1.98. The second-order valence-corrected chi connectivity index (χ2v) is 3.98. The molecule has 3 nitrogen and oxygen atoms in total. The maximum atomic E-state index is 11.3. The van der Waals surface area contributed by atoms with E-state index < -0.39 is 0 Å². The smallest absolute Gasteiger partial charge is 0.159 e. The molecule has 0 aromatic heterocycles. The molecule has 1 aliphatic rings. The average molecular weight is 218 g/mol. The molecular formula is C13H14O3. The van der Waals surface area contributed by atoms with Gasteiger partial charge in [0.15, 0.2) is 5.78 Å².